The molecule has 0 saturated carbocycles. The second kappa shape index (κ2) is 8.75. The zero-order valence-electron chi connectivity index (χ0n) is 15.2. The van der Waals surface area contributed by atoms with Crippen molar-refractivity contribution >= 4 is 15.9 Å². The maximum absolute atomic E-state index is 12.2. The molecule has 0 radical (unpaired) electrons. The highest BCUT2D eigenvalue weighted by molar-refractivity contribution is 7.89. The summed E-state index contributed by atoms with van der Waals surface area (Å²) >= 11 is 0. The van der Waals surface area contributed by atoms with E-state index in [0.29, 0.717) is 37.6 Å². The van der Waals surface area contributed by atoms with E-state index in [9.17, 15) is 13.2 Å². The lowest BCUT2D eigenvalue weighted by Crippen LogP contribution is -2.36. The number of nitrogens with zero attached hydrogens (tertiary/aromatic N) is 3. The maximum atomic E-state index is 12.2. The quantitative estimate of drug-likeness (QED) is 0.861. The molecule has 0 aliphatic carbocycles. The number of hydrogen-bond donors (Lipinski definition) is 1. The summed E-state index contributed by atoms with van der Waals surface area (Å²) < 4.78 is 31.2. The first-order chi connectivity index (χ1) is 11.8. The molecule has 0 aromatic carbocycles. The second-order valence-electron chi connectivity index (χ2n) is 6.67. The standard InChI is InChI=1S/C16H28N4O4S/c1-4-25(22,23)20-10-5-6-13(7-9-17-14(21)8-11-20)16-18-15(12(2)3)19-24-16/h12-13H,4-11H2,1-3H3,(H,17,21). The molecule has 1 aliphatic heterocycles. The van der Waals surface area contributed by atoms with Crippen molar-refractivity contribution in [1.82, 2.24) is 19.8 Å². The Morgan fingerprint density at radius 2 is 2.08 bits per heavy atom. The van der Waals surface area contributed by atoms with Crippen LogP contribution in [0.1, 0.15) is 70.0 Å². The van der Waals surface area contributed by atoms with Crippen LogP contribution in [0.5, 0.6) is 0 Å². The van der Waals surface area contributed by atoms with Crippen LogP contribution in [0.25, 0.3) is 0 Å². The minimum absolute atomic E-state index is 0.0181. The van der Waals surface area contributed by atoms with Crippen LogP contribution in [0.15, 0.2) is 4.52 Å². The first-order valence-corrected chi connectivity index (χ1v) is 10.5. The highest BCUT2D eigenvalue weighted by Crippen LogP contribution is 2.25. The van der Waals surface area contributed by atoms with Crippen LogP contribution in [0.2, 0.25) is 0 Å². The normalized spacial score (nSPS) is 21.8. The number of nitrogens with one attached hydrogen (secondary N) is 1. The number of rotatable bonds is 4. The van der Waals surface area contributed by atoms with E-state index in [0.717, 1.165) is 6.42 Å². The van der Waals surface area contributed by atoms with Crippen molar-refractivity contribution in [3.05, 3.63) is 11.7 Å². The largest absolute Gasteiger partial charge is 0.356 e. The topological polar surface area (TPSA) is 105 Å². The van der Waals surface area contributed by atoms with Crippen molar-refractivity contribution in [3.8, 4) is 0 Å². The highest BCUT2D eigenvalue weighted by atomic mass is 32.2. The molecule has 0 spiro atoms. The fourth-order valence-corrected chi connectivity index (χ4v) is 3.97. The number of sulfonamides is 1. The molecule has 2 rings (SSSR count). The smallest absolute Gasteiger partial charge is 0.229 e. The van der Waals surface area contributed by atoms with Crippen LogP contribution in [0, 0.1) is 0 Å². The molecule has 8 nitrogen and oxygen atoms in total. The van der Waals surface area contributed by atoms with Crippen molar-refractivity contribution in [1.29, 1.82) is 0 Å². The predicted octanol–water partition coefficient (Wildman–Crippen LogP) is 1.62. The molecule has 1 saturated heterocycles. The summed E-state index contributed by atoms with van der Waals surface area (Å²) in [6.45, 7) is 6.77. The molecule has 1 N–H and O–H groups in total. The maximum Gasteiger partial charge on any atom is 0.229 e. The Labute approximate surface area is 149 Å². The SMILES string of the molecule is CCS(=O)(=O)N1CCCC(c2nc(C(C)C)no2)CCNC(=O)CC1. The van der Waals surface area contributed by atoms with E-state index in [1.54, 1.807) is 6.92 Å². The van der Waals surface area contributed by atoms with Crippen LogP contribution < -0.4 is 5.32 Å². The minimum atomic E-state index is -3.31. The van der Waals surface area contributed by atoms with Gasteiger partial charge in [0.25, 0.3) is 0 Å². The van der Waals surface area contributed by atoms with Gasteiger partial charge in [0.1, 0.15) is 0 Å². The third-order valence-electron chi connectivity index (χ3n) is 4.44. The van der Waals surface area contributed by atoms with Crippen LogP contribution >= 0.6 is 0 Å². The Bertz CT molecular complexity index is 671. The molecule has 1 fully saturated rings. The van der Waals surface area contributed by atoms with Crippen molar-refractivity contribution in [2.24, 2.45) is 0 Å². The molecule has 1 aromatic rings. The van der Waals surface area contributed by atoms with Gasteiger partial charge in [-0.05, 0) is 26.2 Å². The van der Waals surface area contributed by atoms with Crippen LogP contribution in [0.4, 0.5) is 0 Å². The Morgan fingerprint density at radius 1 is 1.32 bits per heavy atom. The molecule has 2 heterocycles. The van der Waals surface area contributed by atoms with Gasteiger partial charge in [0, 0.05) is 37.9 Å². The lowest BCUT2D eigenvalue weighted by Gasteiger charge is -2.21. The van der Waals surface area contributed by atoms with Crippen LogP contribution in [0.3, 0.4) is 0 Å². The molecular weight excluding hydrogens is 344 g/mol. The van der Waals surface area contributed by atoms with E-state index < -0.39 is 10.0 Å². The molecule has 142 valence electrons. The zero-order chi connectivity index (χ0) is 18.4. The number of carbonyl (C=O) groups excluding carboxylic acids is 1. The lowest BCUT2D eigenvalue weighted by atomic mass is 9.99. The van der Waals surface area contributed by atoms with Crippen molar-refractivity contribution in [3.63, 3.8) is 0 Å². The summed E-state index contributed by atoms with van der Waals surface area (Å²) in [6.07, 6.45) is 2.32. The van der Waals surface area contributed by atoms with Gasteiger partial charge < -0.3 is 9.84 Å². The van der Waals surface area contributed by atoms with E-state index in [4.69, 9.17) is 4.52 Å². The third kappa shape index (κ3) is 5.50. The number of hydrogen-bond acceptors (Lipinski definition) is 6. The highest BCUT2D eigenvalue weighted by Gasteiger charge is 2.25. The summed E-state index contributed by atoms with van der Waals surface area (Å²) in [5.74, 6) is 1.35. The Balaban J connectivity index is 2.12. The molecule has 1 atom stereocenters. The molecule has 25 heavy (non-hydrogen) atoms. The third-order valence-corrected chi connectivity index (χ3v) is 6.33. The summed E-state index contributed by atoms with van der Waals surface area (Å²) in [5, 5.41) is 6.86. The fraction of sp³-hybridized carbons (Fsp3) is 0.812. The predicted molar refractivity (Wildman–Crippen MR) is 93.6 cm³/mol. The van der Waals surface area contributed by atoms with Gasteiger partial charge in [0.05, 0.1) is 5.75 Å². The first-order valence-electron chi connectivity index (χ1n) is 8.91. The average molecular weight is 372 g/mol. The molecule has 9 heteroatoms. The summed E-state index contributed by atoms with van der Waals surface area (Å²) in [4.78, 5) is 16.4. The van der Waals surface area contributed by atoms with Gasteiger partial charge in [0.2, 0.25) is 21.8 Å². The van der Waals surface area contributed by atoms with E-state index >= 15 is 0 Å². The summed E-state index contributed by atoms with van der Waals surface area (Å²) in [7, 11) is -3.31. The second-order valence-corrected chi connectivity index (χ2v) is 8.93. The Hall–Kier alpha value is -1.48. The number of aromatic nitrogens is 2. The molecular formula is C16H28N4O4S. The summed E-state index contributed by atoms with van der Waals surface area (Å²) in [6, 6.07) is 0. The monoisotopic (exact) mass is 372 g/mol. The summed E-state index contributed by atoms with van der Waals surface area (Å²) in [5.41, 5.74) is 0. The van der Waals surface area contributed by atoms with Gasteiger partial charge in [-0.1, -0.05) is 19.0 Å². The first kappa shape index (κ1) is 19.8. The van der Waals surface area contributed by atoms with Gasteiger partial charge in [-0.25, -0.2) is 12.7 Å². The molecule has 1 unspecified atom stereocenters. The number of amides is 1. The molecule has 1 aromatic heterocycles. The van der Waals surface area contributed by atoms with E-state index in [1.165, 1.54) is 4.31 Å². The lowest BCUT2D eigenvalue weighted by molar-refractivity contribution is -0.121. The Morgan fingerprint density at radius 3 is 2.72 bits per heavy atom. The van der Waals surface area contributed by atoms with Gasteiger partial charge >= 0.3 is 0 Å². The van der Waals surface area contributed by atoms with Gasteiger partial charge in [-0.3, -0.25) is 4.79 Å². The zero-order valence-corrected chi connectivity index (χ0v) is 16.0. The molecule has 1 aliphatic rings. The van der Waals surface area contributed by atoms with Crippen molar-refractivity contribution in [2.75, 3.05) is 25.4 Å². The molecule has 0 bridgehead atoms. The fourth-order valence-electron chi connectivity index (χ4n) is 2.83. The van der Waals surface area contributed by atoms with Crippen molar-refractivity contribution < 1.29 is 17.7 Å². The Kier molecular flexibility index (Phi) is 6.95. The van der Waals surface area contributed by atoms with E-state index in [2.05, 4.69) is 15.5 Å². The van der Waals surface area contributed by atoms with Crippen LogP contribution in [-0.2, 0) is 14.8 Å². The minimum Gasteiger partial charge on any atom is -0.356 e. The van der Waals surface area contributed by atoms with Crippen LogP contribution in [-0.4, -0.2) is 54.2 Å². The number of carbonyl (C=O) groups is 1. The van der Waals surface area contributed by atoms with Crippen molar-refractivity contribution in [2.45, 2.75) is 58.3 Å². The van der Waals surface area contributed by atoms with Gasteiger partial charge in [-0.2, -0.15) is 4.98 Å². The van der Waals surface area contributed by atoms with Gasteiger partial charge in [0.15, 0.2) is 5.82 Å². The average Bonchev–Trinajstić information content (AvgIpc) is 3.04. The van der Waals surface area contributed by atoms with E-state index in [1.807, 2.05) is 13.8 Å². The van der Waals surface area contributed by atoms with Gasteiger partial charge in [-0.15, -0.1) is 0 Å². The van der Waals surface area contributed by atoms with E-state index in [-0.39, 0.29) is 36.5 Å². The molecule has 1 amide bonds.